The molecule has 1 aromatic heterocycles. The van der Waals surface area contributed by atoms with Crippen LogP contribution in [0, 0.1) is 0 Å². The van der Waals surface area contributed by atoms with Gasteiger partial charge in [-0.3, -0.25) is 14.4 Å². The first-order chi connectivity index (χ1) is 16.0. The molecule has 0 radical (unpaired) electrons. The van der Waals surface area contributed by atoms with Crippen molar-refractivity contribution in [2.45, 2.75) is 32.2 Å². The van der Waals surface area contributed by atoms with Crippen LogP contribution in [-0.2, 0) is 24.2 Å². The third-order valence-corrected chi connectivity index (χ3v) is 6.66. The maximum atomic E-state index is 12.7. The Kier molecular flexibility index (Phi) is 7.04. The monoisotopic (exact) mass is 463 g/mol. The van der Waals surface area contributed by atoms with E-state index in [1.54, 1.807) is 24.3 Å². The summed E-state index contributed by atoms with van der Waals surface area (Å²) in [5.74, 6) is -0.947. The maximum Gasteiger partial charge on any atom is 0.262 e. The zero-order valence-electron chi connectivity index (χ0n) is 18.1. The molecule has 170 valence electrons. The Morgan fingerprint density at radius 2 is 1.70 bits per heavy atom. The number of fused-ring (bicyclic) bond motifs is 1. The normalized spacial score (nSPS) is 12.5. The second-order valence-corrected chi connectivity index (χ2v) is 8.89. The smallest absolute Gasteiger partial charge is 0.262 e. The number of para-hydroxylation sites is 1. The van der Waals surface area contributed by atoms with Crippen LogP contribution in [0.15, 0.2) is 54.6 Å². The Morgan fingerprint density at radius 3 is 2.48 bits per heavy atom. The molecule has 0 atom stereocenters. The summed E-state index contributed by atoms with van der Waals surface area (Å²) in [5.41, 5.74) is 8.27. The van der Waals surface area contributed by atoms with Crippen LogP contribution in [0.5, 0.6) is 5.75 Å². The summed E-state index contributed by atoms with van der Waals surface area (Å²) in [4.78, 5) is 38.4. The van der Waals surface area contributed by atoms with Gasteiger partial charge < -0.3 is 21.1 Å². The minimum Gasteiger partial charge on any atom is -0.483 e. The van der Waals surface area contributed by atoms with Gasteiger partial charge in [0.15, 0.2) is 6.61 Å². The second kappa shape index (κ2) is 10.3. The molecule has 8 heteroatoms. The van der Waals surface area contributed by atoms with E-state index in [4.69, 9.17) is 10.5 Å². The summed E-state index contributed by atoms with van der Waals surface area (Å²) in [6.45, 7) is 0.0805. The van der Waals surface area contributed by atoms with Crippen LogP contribution in [0.25, 0.3) is 0 Å². The molecule has 1 heterocycles. The first-order valence-corrected chi connectivity index (χ1v) is 11.6. The number of benzene rings is 2. The van der Waals surface area contributed by atoms with Gasteiger partial charge >= 0.3 is 0 Å². The molecule has 7 nitrogen and oxygen atoms in total. The van der Waals surface area contributed by atoms with Crippen molar-refractivity contribution in [1.82, 2.24) is 5.32 Å². The molecule has 0 bridgehead atoms. The van der Waals surface area contributed by atoms with Gasteiger partial charge in [0.1, 0.15) is 10.8 Å². The number of carbonyl (C=O) groups is 3. The largest absolute Gasteiger partial charge is 0.483 e. The number of ether oxygens (including phenoxy) is 1. The quantitative estimate of drug-likeness (QED) is 0.473. The number of nitrogens with two attached hydrogens (primary N) is 1. The summed E-state index contributed by atoms with van der Waals surface area (Å²) in [6.07, 6.45) is 3.75. The van der Waals surface area contributed by atoms with Crippen molar-refractivity contribution in [2.75, 3.05) is 11.9 Å². The molecule has 3 amide bonds. The summed E-state index contributed by atoms with van der Waals surface area (Å²) in [7, 11) is 0. The van der Waals surface area contributed by atoms with Crippen molar-refractivity contribution in [1.29, 1.82) is 0 Å². The Morgan fingerprint density at radius 1 is 0.970 bits per heavy atom. The molecule has 0 saturated carbocycles. The fourth-order valence-corrected chi connectivity index (χ4v) is 5.18. The molecule has 0 spiro atoms. The molecular formula is C25H25N3O4S. The van der Waals surface area contributed by atoms with E-state index >= 15 is 0 Å². The lowest BCUT2D eigenvalue weighted by Gasteiger charge is -2.12. The lowest BCUT2D eigenvalue weighted by molar-refractivity contribution is -0.118. The number of primary amides is 1. The average molecular weight is 464 g/mol. The van der Waals surface area contributed by atoms with Crippen LogP contribution in [-0.4, -0.2) is 24.3 Å². The van der Waals surface area contributed by atoms with Gasteiger partial charge in [-0.15, -0.1) is 11.3 Å². The second-order valence-electron chi connectivity index (χ2n) is 7.78. The SMILES string of the molecule is NC(=O)c1c(NC(=O)COc2ccccc2C(=O)NCc2ccccc2)sc2c1CCCC2. The summed E-state index contributed by atoms with van der Waals surface area (Å²) >= 11 is 1.40. The third-order valence-electron chi connectivity index (χ3n) is 5.46. The van der Waals surface area contributed by atoms with Crippen LogP contribution in [0.2, 0.25) is 0 Å². The van der Waals surface area contributed by atoms with Crippen molar-refractivity contribution in [3.05, 3.63) is 81.7 Å². The highest BCUT2D eigenvalue weighted by molar-refractivity contribution is 7.17. The van der Waals surface area contributed by atoms with Crippen molar-refractivity contribution in [2.24, 2.45) is 5.73 Å². The van der Waals surface area contributed by atoms with E-state index in [0.717, 1.165) is 41.7 Å². The number of hydrogen-bond acceptors (Lipinski definition) is 5. The standard InChI is InChI=1S/C25H25N3O4S/c26-23(30)22-18-11-5-7-13-20(18)33-25(22)28-21(29)15-32-19-12-6-4-10-17(19)24(31)27-14-16-8-2-1-3-9-16/h1-4,6,8-10,12H,5,7,11,13-15H2,(H2,26,30)(H,27,31)(H,28,29). The number of amides is 3. The molecule has 1 aliphatic rings. The predicted octanol–water partition coefficient (Wildman–Crippen LogP) is 3.67. The molecule has 2 aromatic carbocycles. The molecule has 0 saturated heterocycles. The summed E-state index contributed by atoms with van der Waals surface area (Å²) in [6, 6.07) is 16.3. The molecule has 1 aliphatic carbocycles. The van der Waals surface area contributed by atoms with Gasteiger partial charge in [0.05, 0.1) is 11.1 Å². The fraction of sp³-hybridized carbons (Fsp3) is 0.240. The molecule has 0 fully saturated rings. The van der Waals surface area contributed by atoms with E-state index in [2.05, 4.69) is 10.6 Å². The fourth-order valence-electron chi connectivity index (χ4n) is 3.87. The van der Waals surface area contributed by atoms with E-state index in [0.29, 0.717) is 28.4 Å². The number of thiophene rings is 1. The van der Waals surface area contributed by atoms with Gasteiger partial charge in [-0.25, -0.2) is 0 Å². The highest BCUT2D eigenvalue weighted by atomic mass is 32.1. The van der Waals surface area contributed by atoms with Gasteiger partial charge in [-0.1, -0.05) is 42.5 Å². The molecule has 4 rings (SSSR count). The maximum absolute atomic E-state index is 12.7. The van der Waals surface area contributed by atoms with Gasteiger partial charge in [-0.05, 0) is 48.9 Å². The van der Waals surface area contributed by atoms with Crippen molar-refractivity contribution < 1.29 is 19.1 Å². The first kappa shape index (κ1) is 22.5. The first-order valence-electron chi connectivity index (χ1n) is 10.8. The van der Waals surface area contributed by atoms with Crippen molar-refractivity contribution in [3.63, 3.8) is 0 Å². The lowest BCUT2D eigenvalue weighted by Crippen LogP contribution is -2.25. The third kappa shape index (κ3) is 5.40. The number of rotatable bonds is 8. The van der Waals surface area contributed by atoms with Crippen LogP contribution >= 0.6 is 11.3 Å². The van der Waals surface area contributed by atoms with Crippen molar-refractivity contribution >= 4 is 34.1 Å². The topological polar surface area (TPSA) is 111 Å². The van der Waals surface area contributed by atoms with Gasteiger partial charge in [-0.2, -0.15) is 0 Å². The summed E-state index contributed by atoms with van der Waals surface area (Å²) in [5, 5.41) is 6.10. The van der Waals surface area contributed by atoms with Crippen LogP contribution in [0.1, 0.15) is 49.6 Å². The Bertz CT molecular complexity index is 1170. The van der Waals surface area contributed by atoms with Crippen LogP contribution in [0.4, 0.5) is 5.00 Å². The van der Waals surface area contributed by atoms with Crippen molar-refractivity contribution in [3.8, 4) is 5.75 Å². The molecule has 3 aromatic rings. The van der Waals surface area contributed by atoms with E-state index in [1.807, 2.05) is 30.3 Å². The molecule has 33 heavy (non-hydrogen) atoms. The highest BCUT2D eigenvalue weighted by Crippen LogP contribution is 2.37. The number of anilines is 1. The minimum atomic E-state index is -0.536. The lowest BCUT2D eigenvalue weighted by atomic mass is 9.95. The van der Waals surface area contributed by atoms with Crippen LogP contribution in [0.3, 0.4) is 0 Å². The highest BCUT2D eigenvalue weighted by Gasteiger charge is 2.25. The zero-order chi connectivity index (χ0) is 23.2. The average Bonchev–Trinajstić information content (AvgIpc) is 3.20. The molecule has 4 N–H and O–H groups in total. The Hall–Kier alpha value is -3.65. The predicted molar refractivity (Wildman–Crippen MR) is 128 cm³/mol. The van der Waals surface area contributed by atoms with E-state index in [1.165, 1.54) is 11.3 Å². The zero-order valence-corrected chi connectivity index (χ0v) is 18.9. The van der Waals surface area contributed by atoms with Gasteiger partial charge in [0.2, 0.25) is 0 Å². The Labute approximate surface area is 196 Å². The Balaban J connectivity index is 1.40. The number of nitrogens with one attached hydrogen (secondary N) is 2. The molecule has 0 unspecified atom stereocenters. The van der Waals surface area contributed by atoms with E-state index in [9.17, 15) is 14.4 Å². The van der Waals surface area contributed by atoms with E-state index in [-0.39, 0.29) is 12.5 Å². The van der Waals surface area contributed by atoms with Crippen LogP contribution < -0.4 is 21.1 Å². The van der Waals surface area contributed by atoms with Gasteiger partial charge in [0.25, 0.3) is 17.7 Å². The van der Waals surface area contributed by atoms with Gasteiger partial charge in [0, 0.05) is 11.4 Å². The number of hydrogen-bond donors (Lipinski definition) is 3. The number of aryl methyl sites for hydroxylation is 1. The molecular weight excluding hydrogens is 438 g/mol. The molecule has 0 aliphatic heterocycles. The minimum absolute atomic E-state index is 0.295. The number of carbonyl (C=O) groups excluding carboxylic acids is 3. The van der Waals surface area contributed by atoms with E-state index < -0.39 is 11.8 Å². The summed E-state index contributed by atoms with van der Waals surface area (Å²) < 4.78 is 5.66.